The molecule has 3 N–H and O–H groups in total. The molecule has 0 radical (unpaired) electrons. The molecule has 0 aliphatic carbocycles. The van der Waals surface area contributed by atoms with Gasteiger partial charge < -0.3 is 17.0 Å². The predicted molar refractivity (Wildman–Crippen MR) is 119 cm³/mol. The van der Waals surface area contributed by atoms with Crippen molar-refractivity contribution < 1.29 is 67.6 Å². The van der Waals surface area contributed by atoms with Crippen molar-refractivity contribution in [1.29, 1.82) is 0 Å². The van der Waals surface area contributed by atoms with Gasteiger partial charge in [0, 0.05) is 6.54 Å². The number of carbonyl (C=O) groups is 1. The number of carboxylic acid groups (broad SMARTS) is 1. The maximum atomic E-state index is 12.8. The Hall–Kier alpha value is -2.21. The average molecular weight is 518 g/mol. The van der Waals surface area contributed by atoms with Crippen LogP contribution in [0.4, 0.5) is 13.2 Å². The van der Waals surface area contributed by atoms with E-state index in [0.717, 1.165) is 17.7 Å². The Morgan fingerprint density at radius 3 is 2.09 bits per heavy atom. The van der Waals surface area contributed by atoms with Crippen molar-refractivity contribution in [3.63, 3.8) is 0 Å². The molecule has 35 heavy (non-hydrogen) atoms. The third kappa shape index (κ3) is 7.63. The number of hydrogen-bond donors (Lipinski definition) is 3. The van der Waals surface area contributed by atoms with Gasteiger partial charge in [0.05, 0.1) is 27.0 Å². The van der Waals surface area contributed by atoms with Gasteiger partial charge >= 0.3 is 41.7 Å². The number of halogens is 3. The Morgan fingerprint density at radius 1 is 0.971 bits per heavy atom. The second kappa shape index (κ2) is 12.2. The third-order valence-electron chi connectivity index (χ3n) is 5.17. The van der Waals surface area contributed by atoms with Gasteiger partial charge in [0.25, 0.3) is 0 Å². The molecule has 0 saturated carbocycles. The smallest absolute Gasteiger partial charge is 1.00 e. The first kappa shape index (κ1) is 29.0. The fourth-order valence-electron chi connectivity index (χ4n) is 3.26. The van der Waals surface area contributed by atoms with Gasteiger partial charge in [-0.15, -0.1) is 0 Å². The molecule has 1 atom stereocenters. The SMILES string of the molecule is O=C(O)c1ccc(S(=O)(=O)c2ccc(CCNC[C@@H](O)c3cccc(C(F)(F)F)c3)cc2)cc1.[H-].[Na+]. The third-order valence-corrected chi connectivity index (χ3v) is 6.96. The first-order valence-electron chi connectivity index (χ1n) is 10.2. The first-order valence-corrected chi connectivity index (χ1v) is 11.7. The van der Waals surface area contributed by atoms with Crippen molar-refractivity contribution >= 4 is 15.8 Å². The molecular weight excluding hydrogens is 494 g/mol. The monoisotopic (exact) mass is 517 g/mol. The molecule has 182 valence electrons. The summed E-state index contributed by atoms with van der Waals surface area (Å²) in [5.74, 6) is -1.15. The van der Waals surface area contributed by atoms with Crippen LogP contribution in [0, 0.1) is 0 Å². The molecule has 0 amide bonds. The van der Waals surface area contributed by atoms with Crippen LogP contribution in [0.15, 0.2) is 82.6 Å². The Bertz CT molecular complexity index is 1250. The van der Waals surface area contributed by atoms with E-state index < -0.39 is 33.7 Å². The molecule has 0 fully saturated rings. The maximum Gasteiger partial charge on any atom is 1.00 e. The van der Waals surface area contributed by atoms with E-state index in [9.17, 15) is 31.5 Å². The Kier molecular flexibility index (Phi) is 10.1. The zero-order valence-electron chi connectivity index (χ0n) is 19.8. The Balaban J connectivity index is 0.00000324. The second-order valence-electron chi connectivity index (χ2n) is 7.57. The van der Waals surface area contributed by atoms with Crippen molar-refractivity contribution in [3.05, 3.63) is 95.1 Å². The van der Waals surface area contributed by atoms with Gasteiger partial charge in [-0.25, -0.2) is 13.2 Å². The number of hydrogen-bond acceptors (Lipinski definition) is 5. The molecule has 0 saturated heterocycles. The summed E-state index contributed by atoms with van der Waals surface area (Å²) in [6.07, 6.45) is -5.09. The van der Waals surface area contributed by atoms with E-state index in [2.05, 4.69) is 5.32 Å². The number of alkyl halides is 3. The number of aliphatic hydroxyl groups excluding tert-OH is 1. The van der Waals surface area contributed by atoms with Crippen molar-refractivity contribution in [2.24, 2.45) is 0 Å². The first-order chi connectivity index (χ1) is 16.0. The molecule has 3 rings (SSSR count). The quantitative estimate of drug-likeness (QED) is 0.291. The summed E-state index contributed by atoms with van der Waals surface area (Å²) >= 11 is 0. The van der Waals surface area contributed by atoms with E-state index in [1.54, 1.807) is 12.1 Å². The minimum atomic E-state index is -4.48. The van der Waals surface area contributed by atoms with E-state index in [1.807, 2.05) is 0 Å². The molecule has 0 aromatic heterocycles. The van der Waals surface area contributed by atoms with Crippen LogP contribution in [0.2, 0.25) is 0 Å². The van der Waals surface area contributed by atoms with Crippen LogP contribution in [-0.4, -0.2) is 37.7 Å². The van der Waals surface area contributed by atoms with Crippen LogP contribution in [-0.2, 0) is 22.4 Å². The van der Waals surface area contributed by atoms with Crippen LogP contribution in [0.25, 0.3) is 0 Å². The molecule has 0 heterocycles. The summed E-state index contributed by atoms with van der Waals surface area (Å²) in [6.45, 7) is 0.471. The van der Waals surface area contributed by atoms with E-state index >= 15 is 0 Å². The molecule has 0 unspecified atom stereocenters. The normalized spacial score (nSPS) is 12.6. The zero-order chi connectivity index (χ0) is 24.9. The van der Waals surface area contributed by atoms with Crippen LogP contribution < -0.4 is 34.9 Å². The standard InChI is InChI=1S/C24H22F3NO5S.Na.H/c25-24(26,27)19-3-1-2-18(14-19)22(29)15-28-13-12-16-4-8-20(9-5-16)34(32,33)21-10-6-17(7-11-21)23(30)31;;/h1-11,14,22,28-29H,12-13,15H2,(H,30,31);;/q;+1;-1/t22-;;/m1../s1. The van der Waals surface area contributed by atoms with Crippen molar-refractivity contribution in [2.45, 2.75) is 28.5 Å². The maximum absolute atomic E-state index is 12.8. The van der Waals surface area contributed by atoms with Gasteiger partial charge in [-0.1, -0.05) is 24.3 Å². The number of rotatable bonds is 9. The number of benzene rings is 3. The number of nitrogens with one attached hydrogen (secondary N) is 1. The van der Waals surface area contributed by atoms with E-state index in [0.29, 0.717) is 13.0 Å². The number of aromatic carboxylic acids is 1. The van der Waals surface area contributed by atoms with Crippen LogP contribution in [0.3, 0.4) is 0 Å². The van der Waals surface area contributed by atoms with Gasteiger partial charge in [0.2, 0.25) is 9.84 Å². The fourth-order valence-corrected chi connectivity index (χ4v) is 4.52. The zero-order valence-corrected chi connectivity index (χ0v) is 21.6. The Morgan fingerprint density at radius 2 is 1.54 bits per heavy atom. The Labute approximate surface area is 224 Å². The number of aliphatic hydroxyl groups is 1. The number of sulfone groups is 1. The fraction of sp³-hybridized carbons (Fsp3) is 0.208. The summed E-state index contributed by atoms with van der Waals surface area (Å²) in [7, 11) is -3.80. The molecule has 0 bridgehead atoms. The van der Waals surface area contributed by atoms with Crippen molar-refractivity contribution in [1.82, 2.24) is 5.32 Å². The molecule has 3 aromatic rings. The minimum Gasteiger partial charge on any atom is -1.00 e. The predicted octanol–water partition coefficient (Wildman–Crippen LogP) is 1.22. The summed E-state index contributed by atoms with van der Waals surface area (Å²) in [6, 6.07) is 15.7. The minimum absolute atomic E-state index is 0. The molecule has 6 nitrogen and oxygen atoms in total. The summed E-state index contributed by atoms with van der Waals surface area (Å²) in [5.41, 5.74) is 0.145. The van der Waals surface area contributed by atoms with Crippen LogP contribution >= 0.6 is 0 Å². The van der Waals surface area contributed by atoms with Crippen LogP contribution in [0.1, 0.15) is 34.6 Å². The molecule has 3 aromatic carbocycles. The second-order valence-corrected chi connectivity index (χ2v) is 9.52. The molecule has 0 spiro atoms. The number of carboxylic acids is 1. The van der Waals surface area contributed by atoms with Crippen molar-refractivity contribution in [2.75, 3.05) is 13.1 Å². The summed E-state index contributed by atoms with van der Waals surface area (Å²) in [4.78, 5) is 11.0. The van der Waals surface area contributed by atoms with Gasteiger partial charge in [-0.2, -0.15) is 13.2 Å². The molecular formula is C24H23F3NNaO5S. The van der Waals surface area contributed by atoms with Gasteiger partial charge in [0.1, 0.15) is 0 Å². The molecule has 0 aliphatic heterocycles. The summed E-state index contributed by atoms with van der Waals surface area (Å²) < 4.78 is 63.9. The molecule has 0 aliphatic rings. The topological polar surface area (TPSA) is 104 Å². The van der Waals surface area contributed by atoms with E-state index in [-0.39, 0.29) is 58.4 Å². The van der Waals surface area contributed by atoms with Crippen molar-refractivity contribution in [3.8, 4) is 0 Å². The summed E-state index contributed by atoms with van der Waals surface area (Å²) in [5, 5.41) is 22.1. The van der Waals surface area contributed by atoms with E-state index in [1.165, 1.54) is 48.5 Å². The largest absolute Gasteiger partial charge is 1.00 e. The van der Waals surface area contributed by atoms with E-state index in [4.69, 9.17) is 5.11 Å². The average Bonchev–Trinajstić information content (AvgIpc) is 2.81. The van der Waals surface area contributed by atoms with Crippen LogP contribution in [0.5, 0.6) is 0 Å². The van der Waals surface area contributed by atoms with Gasteiger partial charge in [-0.05, 0) is 72.6 Å². The molecule has 11 heteroatoms. The van der Waals surface area contributed by atoms with Gasteiger partial charge in [0.15, 0.2) is 0 Å². The van der Waals surface area contributed by atoms with Gasteiger partial charge in [-0.3, -0.25) is 0 Å².